The summed E-state index contributed by atoms with van der Waals surface area (Å²) in [5.74, 6) is 0.852. The minimum Gasteiger partial charge on any atom is -0.464 e. The fraction of sp³-hybridized carbons (Fsp3) is 0. The molecule has 3 heterocycles. The molecule has 136 valence electrons. The highest BCUT2D eigenvalue weighted by atomic mass is 16.3. The zero-order valence-corrected chi connectivity index (χ0v) is 15.3. The third kappa shape index (κ3) is 1.96. The molecule has 0 saturated carbocycles. The lowest BCUT2D eigenvalue weighted by Crippen LogP contribution is -1.78. The molecule has 0 atom stereocenters. The maximum Gasteiger partial charge on any atom is 0.136 e. The van der Waals surface area contributed by atoms with Crippen molar-refractivity contribution in [3.8, 4) is 11.3 Å². The van der Waals surface area contributed by atoms with Crippen LogP contribution in [-0.2, 0) is 0 Å². The molecule has 0 radical (unpaired) electrons. The molecule has 0 spiro atoms. The normalized spacial score (nSPS) is 12.1. The molecule has 0 saturated heterocycles. The summed E-state index contributed by atoms with van der Waals surface area (Å²) >= 11 is 0. The minimum absolute atomic E-state index is 0.852. The molecule has 0 fully saturated rings. The molecule has 7 aromatic rings. The van der Waals surface area contributed by atoms with Crippen LogP contribution in [0.5, 0.6) is 0 Å². The molecule has 4 aromatic carbocycles. The van der Waals surface area contributed by atoms with Crippen LogP contribution in [0.25, 0.3) is 66.0 Å². The molecular weight excluding hydrogens is 360 g/mol. The molecule has 0 unspecified atom stereocenters. The van der Waals surface area contributed by atoms with E-state index in [-0.39, 0.29) is 0 Å². The van der Waals surface area contributed by atoms with E-state index in [1.165, 1.54) is 5.39 Å². The van der Waals surface area contributed by atoms with Gasteiger partial charge in [0.15, 0.2) is 0 Å². The van der Waals surface area contributed by atoms with E-state index < -0.39 is 0 Å². The van der Waals surface area contributed by atoms with Gasteiger partial charge in [-0.2, -0.15) is 0 Å². The van der Waals surface area contributed by atoms with Crippen molar-refractivity contribution in [2.45, 2.75) is 0 Å². The predicted molar refractivity (Wildman–Crippen MR) is 116 cm³/mol. The molecule has 3 aromatic heterocycles. The first-order valence-corrected chi connectivity index (χ1v) is 9.60. The number of hydrogen-bond acceptors (Lipinski definition) is 3. The number of furan rings is 3. The fourth-order valence-corrected chi connectivity index (χ4v) is 4.50. The number of rotatable bonds is 1. The number of hydrogen-bond donors (Lipinski definition) is 0. The lowest BCUT2D eigenvalue weighted by molar-refractivity contribution is 0.582. The van der Waals surface area contributed by atoms with Gasteiger partial charge in [-0.05, 0) is 71.4 Å². The molecule has 0 bridgehead atoms. The summed E-state index contributed by atoms with van der Waals surface area (Å²) in [5.41, 5.74) is 4.61. The van der Waals surface area contributed by atoms with E-state index in [9.17, 15) is 0 Å². The summed E-state index contributed by atoms with van der Waals surface area (Å²) in [6.45, 7) is 0. The van der Waals surface area contributed by atoms with E-state index in [1.807, 2.05) is 36.4 Å². The van der Waals surface area contributed by atoms with Crippen LogP contribution in [0.4, 0.5) is 0 Å². The van der Waals surface area contributed by atoms with E-state index in [0.717, 1.165) is 60.6 Å². The highest BCUT2D eigenvalue weighted by molar-refractivity contribution is 6.27. The predicted octanol–water partition coefficient (Wildman–Crippen LogP) is 7.90. The largest absolute Gasteiger partial charge is 0.464 e. The minimum atomic E-state index is 0.852. The molecular formula is C26H14O3. The van der Waals surface area contributed by atoms with Gasteiger partial charge in [0.05, 0.1) is 6.26 Å². The van der Waals surface area contributed by atoms with E-state index in [4.69, 9.17) is 13.3 Å². The summed E-state index contributed by atoms with van der Waals surface area (Å²) < 4.78 is 17.8. The van der Waals surface area contributed by atoms with Gasteiger partial charge in [0.2, 0.25) is 0 Å². The zero-order chi connectivity index (χ0) is 18.9. The standard InChI is InChI=1S/C26H14O3/c1-2-5-21-18(4-1)25-16-8-12-24-26(17(16)9-11-23(25)28-21)19-14-15(7-10-22(19)29-24)20-6-3-13-27-20/h1-14H. The summed E-state index contributed by atoms with van der Waals surface area (Å²) in [5, 5.41) is 6.83. The van der Waals surface area contributed by atoms with Crippen LogP contribution in [0.3, 0.4) is 0 Å². The van der Waals surface area contributed by atoms with Crippen LogP contribution in [0.1, 0.15) is 0 Å². The summed E-state index contributed by atoms with van der Waals surface area (Å²) in [4.78, 5) is 0. The Bertz CT molecular complexity index is 1690. The van der Waals surface area contributed by atoms with Gasteiger partial charge in [-0.3, -0.25) is 0 Å². The summed E-state index contributed by atoms with van der Waals surface area (Å²) in [6, 6.07) is 26.7. The van der Waals surface area contributed by atoms with E-state index in [0.29, 0.717) is 0 Å². The highest BCUT2D eigenvalue weighted by Gasteiger charge is 2.16. The monoisotopic (exact) mass is 374 g/mol. The zero-order valence-electron chi connectivity index (χ0n) is 15.3. The Morgan fingerprint density at radius 1 is 0.483 bits per heavy atom. The second kappa shape index (κ2) is 5.30. The van der Waals surface area contributed by atoms with Crippen molar-refractivity contribution in [2.24, 2.45) is 0 Å². The van der Waals surface area contributed by atoms with Crippen molar-refractivity contribution >= 4 is 54.6 Å². The van der Waals surface area contributed by atoms with Crippen LogP contribution in [0, 0.1) is 0 Å². The second-order valence-electron chi connectivity index (χ2n) is 7.36. The fourth-order valence-electron chi connectivity index (χ4n) is 4.50. The van der Waals surface area contributed by atoms with Gasteiger partial charge < -0.3 is 13.3 Å². The molecule has 0 N–H and O–H groups in total. The van der Waals surface area contributed by atoms with E-state index in [1.54, 1.807) is 6.26 Å². The van der Waals surface area contributed by atoms with Crippen LogP contribution in [0.15, 0.2) is 98.4 Å². The number of fused-ring (bicyclic) bond motifs is 9. The van der Waals surface area contributed by atoms with Crippen LogP contribution in [0.2, 0.25) is 0 Å². The number of para-hydroxylation sites is 1. The topological polar surface area (TPSA) is 39.4 Å². The molecule has 29 heavy (non-hydrogen) atoms. The van der Waals surface area contributed by atoms with E-state index in [2.05, 4.69) is 42.5 Å². The Hall–Kier alpha value is -3.98. The van der Waals surface area contributed by atoms with Gasteiger partial charge >= 0.3 is 0 Å². The number of benzene rings is 4. The van der Waals surface area contributed by atoms with Gasteiger partial charge in [0, 0.05) is 27.1 Å². The highest BCUT2D eigenvalue weighted by Crippen LogP contribution is 2.41. The van der Waals surface area contributed by atoms with Gasteiger partial charge in [0.1, 0.15) is 28.1 Å². The molecule has 0 aliphatic heterocycles. The van der Waals surface area contributed by atoms with Crippen LogP contribution in [-0.4, -0.2) is 0 Å². The van der Waals surface area contributed by atoms with Crippen molar-refractivity contribution in [3.63, 3.8) is 0 Å². The third-order valence-corrected chi connectivity index (χ3v) is 5.78. The average molecular weight is 374 g/mol. The maximum atomic E-state index is 6.16. The third-order valence-electron chi connectivity index (χ3n) is 5.78. The van der Waals surface area contributed by atoms with Gasteiger partial charge in [-0.15, -0.1) is 0 Å². The van der Waals surface area contributed by atoms with E-state index >= 15 is 0 Å². The Kier molecular flexibility index (Phi) is 2.74. The Morgan fingerprint density at radius 3 is 1.93 bits per heavy atom. The Balaban J connectivity index is 1.66. The lowest BCUT2D eigenvalue weighted by atomic mass is 9.99. The van der Waals surface area contributed by atoms with Crippen LogP contribution >= 0.6 is 0 Å². The molecule has 0 amide bonds. The lowest BCUT2D eigenvalue weighted by Gasteiger charge is -2.02. The molecule has 7 rings (SSSR count). The SMILES string of the molecule is c1coc(-c2ccc3oc4ccc5c(ccc6oc7ccccc7c65)c4c3c2)c1. The first-order chi connectivity index (χ1) is 14.4. The van der Waals surface area contributed by atoms with Crippen molar-refractivity contribution < 1.29 is 13.3 Å². The van der Waals surface area contributed by atoms with Gasteiger partial charge in [-0.1, -0.05) is 18.2 Å². The molecule has 0 aliphatic rings. The first-order valence-electron chi connectivity index (χ1n) is 9.60. The quantitative estimate of drug-likeness (QED) is 0.293. The first kappa shape index (κ1) is 15.0. The van der Waals surface area contributed by atoms with Crippen LogP contribution < -0.4 is 0 Å². The molecule has 3 nitrogen and oxygen atoms in total. The van der Waals surface area contributed by atoms with Crippen molar-refractivity contribution in [2.75, 3.05) is 0 Å². The molecule has 3 heteroatoms. The molecule has 0 aliphatic carbocycles. The van der Waals surface area contributed by atoms with Crippen molar-refractivity contribution in [3.05, 3.63) is 85.1 Å². The Labute approximate surface area is 164 Å². The average Bonchev–Trinajstić information content (AvgIpc) is 3.49. The van der Waals surface area contributed by atoms with Gasteiger partial charge in [-0.25, -0.2) is 0 Å². The van der Waals surface area contributed by atoms with Gasteiger partial charge in [0.25, 0.3) is 0 Å². The smallest absolute Gasteiger partial charge is 0.136 e. The summed E-state index contributed by atoms with van der Waals surface area (Å²) in [7, 11) is 0. The summed E-state index contributed by atoms with van der Waals surface area (Å²) in [6.07, 6.45) is 1.70. The maximum absolute atomic E-state index is 6.16. The second-order valence-corrected chi connectivity index (χ2v) is 7.36. The van der Waals surface area contributed by atoms with Crippen molar-refractivity contribution in [1.82, 2.24) is 0 Å². The Morgan fingerprint density at radius 2 is 1.17 bits per heavy atom. The van der Waals surface area contributed by atoms with Crippen molar-refractivity contribution in [1.29, 1.82) is 0 Å².